The standard InChI is InChI=1S/C22H27ClN2O3/c1-27-20-6-3-7-21(15-20)28-13-10-24-22(26)18-8-11-25(12-9-18)16-17-4-2-5-19(23)14-17/h2-7,14-15,18H,8-13,16H2,1H3,(H,24,26). The Morgan fingerprint density at radius 2 is 1.89 bits per heavy atom. The third-order valence-corrected chi connectivity index (χ3v) is 5.20. The van der Waals surface area contributed by atoms with E-state index in [9.17, 15) is 4.79 Å². The SMILES string of the molecule is COc1cccc(OCCNC(=O)C2CCN(Cc3cccc(Cl)c3)CC2)c1. The van der Waals surface area contributed by atoms with Crippen LogP contribution >= 0.6 is 11.6 Å². The van der Waals surface area contributed by atoms with Crippen molar-refractivity contribution in [3.8, 4) is 11.5 Å². The molecule has 1 aliphatic rings. The lowest BCUT2D eigenvalue weighted by Gasteiger charge is -2.31. The van der Waals surface area contributed by atoms with Gasteiger partial charge in [-0.1, -0.05) is 29.8 Å². The van der Waals surface area contributed by atoms with Gasteiger partial charge in [0.15, 0.2) is 0 Å². The van der Waals surface area contributed by atoms with Crippen LogP contribution < -0.4 is 14.8 Å². The highest BCUT2D eigenvalue weighted by atomic mass is 35.5. The quantitative estimate of drug-likeness (QED) is 0.683. The number of carbonyl (C=O) groups excluding carboxylic acids is 1. The first kappa shape index (κ1) is 20.5. The predicted octanol–water partition coefficient (Wildman–Crippen LogP) is 3.76. The molecule has 0 atom stereocenters. The Kier molecular flexibility index (Phi) is 7.57. The van der Waals surface area contributed by atoms with Crippen LogP contribution in [0.4, 0.5) is 0 Å². The Morgan fingerprint density at radius 3 is 2.64 bits per heavy atom. The summed E-state index contributed by atoms with van der Waals surface area (Å²) in [6.45, 7) is 3.66. The molecule has 0 aliphatic carbocycles. The summed E-state index contributed by atoms with van der Waals surface area (Å²) in [7, 11) is 1.62. The lowest BCUT2D eigenvalue weighted by Crippen LogP contribution is -2.41. The molecule has 1 amide bonds. The number of hydrogen-bond donors (Lipinski definition) is 1. The van der Waals surface area contributed by atoms with Gasteiger partial charge in [-0.15, -0.1) is 0 Å². The van der Waals surface area contributed by atoms with Gasteiger partial charge in [0, 0.05) is 23.6 Å². The van der Waals surface area contributed by atoms with E-state index in [-0.39, 0.29) is 11.8 Å². The molecule has 28 heavy (non-hydrogen) atoms. The molecule has 1 aliphatic heterocycles. The number of methoxy groups -OCH3 is 1. The van der Waals surface area contributed by atoms with E-state index in [1.54, 1.807) is 7.11 Å². The molecule has 6 heteroatoms. The van der Waals surface area contributed by atoms with Crippen LogP contribution in [-0.4, -0.2) is 44.2 Å². The van der Waals surface area contributed by atoms with Crippen molar-refractivity contribution in [3.63, 3.8) is 0 Å². The van der Waals surface area contributed by atoms with E-state index in [4.69, 9.17) is 21.1 Å². The number of halogens is 1. The zero-order valence-corrected chi connectivity index (χ0v) is 17.0. The van der Waals surface area contributed by atoms with Crippen LogP contribution in [0.25, 0.3) is 0 Å². The molecule has 0 saturated carbocycles. The number of nitrogens with one attached hydrogen (secondary N) is 1. The maximum Gasteiger partial charge on any atom is 0.223 e. The fourth-order valence-corrected chi connectivity index (χ4v) is 3.64. The van der Waals surface area contributed by atoms with E-state index in [0.29, 0.717) is 13.2 Å². The highest BCUT2D eigenvalue weighted by Crippen LogP contribution is 2.21. The Morgan fingerprint density at radius 1 is 1.14 bits per heavy atom. The normalized spacial score (nSPS) is 15.2. The second-order valence-electron chi connectivity index (χ2n) is 7.00. The van der Waals surface area contributed by atoms with Crippen molar-refractivity contribution in [1.29, 1.82) is 0 Å². The summed E-state index contributed by atoms with van der Waals surface area (Å²) in [4.78, 5) is 14.8. The lowest BCUT2D eigenvalue weighted by atomic mass is 9.95. The zero-order chi connectivity index (χ0) is 19.8. The molecule has 0 unspecified atom stereocenters. The van der Waals surface area contributed by atoms with Crippen LogP contribution in [0.1, 0.15) is 18.4 Å². The molecule has 0 spiro atoms. The lowest BCUT2D eigenvalue weighted by molar-refractivity contribution is -0.126. The second-order valence-corrected chi connectivity index (χ2v) is 7.44. The molecule has 2 aromatic rings. The average Bonchev–Trinajstić information content (AvgIpc) is 2.72. The molecule has 5 nitrogen and oxygen atoms in total. The number of ether oxygens (including phenoxy) is 2. The molecule has 1 N–H and O–H groups in total. The van der Waals surface area contributed by atoms with Gasteiger partial charge in [0.1, 0.15) is 18.1 Å². The van der Waals surface area contributed by atoms with Crippen molar-refractivity contribution in [1.82, 2.24) is 10.2 Å². The van der Waals surface area contributed by atoms with Crippen LogP contribution in [0, 0.1) is 5.92 Å². The summed E-state index contributed by atoms with van der Waals surface area (Å²) in [6.07, 6.45) is 1.76. The highest BCUT2D eigenvalue weighted by Gasteiger charge is 2.24. The summed E-state index contributed by atoms with van der Waals surface area (Å²) in [5.74, 6) is 1.69. The molecule has 1 heterocycles. The van der Waals surface area contributed by atoms with Gasteiger partial charge in [-0.25, -0.2) is 0 Å². The van der Waals surface area contributed by atoms with Crippen molar-refractivity contribution in [3.05, 3.63) is 59.1 Å². The molecular formula is C22H27ClN2O3. The molecule has 2 aromatic carbocycles. The van der Waals surface area contributed by atoms with E-state index in [2.05, 4.69) is 16.3 Å². The average molecular weight is 403 g/mol. The number of carbonyl (C=O) groups is 1. The van der Waals surface area contributed by atoms with Crippen LogP contribution in [0.15, 0.2) is 48.5 Å². The fraction of sp³-hybridized carbons (Fsp3) is 0.409. The highest BCUT2D eigenvalue weighted by molar-refractivity contribution is 6.30. The van der Waals surface area contributed by atoms with Crippen LogP contribution in [0.2, 0.25) is 5.02 Å². The third kappa shape index (κ3) is 6.14. The van der Waals surface area contributed by atoms with E-state index in [0.717, 1.165) is 49.0 Å². The maximum absolute atomic E-state index is 12.4. The van der Waals surface area contributed by atoms with Gasteiger partial charge < -0.3 is 14.8 Å². The Bertz CT molecular complexity index is 776. The molecule has 1 saturated heterocycles. The van der Waals surface area contributed by atoms with Gasteiger partial charge in [0.05, 0.1) is 13.7 Å². The van der Waals surface area contributed by atoms with Gasteiger partial charge in [-0.3, -0.25) is 9.69 Å². The van der Waals surface area contributed by atoms with Crippen LogP contribution in [0.5, 0.6) is 11.5 Å². The summed E-state index contributed by atoms with van der Waals surface area (Å²) in [5.41, 5.74) is 1.21. The van der Waals surface area contributed by atoms with Crippen LogP contribution in [-0.2, 0) is 11.3 Å². The molecule has 1 fully saturated rings. The topological polar surface area (TPSA) is 50.8 Å². The minimum absolute atomic E-state index is 0.0763. The Balaban J connectivity index is 1.34. The summed E-state index contributed by atoms with van der Waals surface area (Å²) in [5, 5.41) is 3.76. The van der Waals surface area contributed by atoms with Crippen LogP contribution in [0.3, 0.4) is 0 Å². The fourth-order valence-electron chi connectivity index (χ4n) is 3.43. The summed E-state index contributed by atoms with van der Waals surface area (Å²) in [6, 6.07) is 15.4. The van der Waals surface area contributed by atoms with Gasteiger partial charge in [-0.2, -0.15) is 0 Å². The Hall–Kier alpha value is -2.24. The van der Waals surface area contributed by atoms with E-state index < -0.39 is 0 Å². The monoisotopic (exact) mass is 402 g/mol. The first-order valence-corrected chi connectivity index (χ1v) is 10.0. The van der Waals surface area contributed by atoms with Gasteiger partial charge >= 0.3 is 0 Å². The number of benzene rings is 2. The summed E-state index contributed by atoms with van der Waals surface area (Å²) < 4.78 is 10.8. The molecule has 0 radical (unpaired) electrons. The maximum atomic E-state index is 12.4. The number of nitrogens with zero attached hydrogens (tertiary/aromatic N) is 1. The van der Waals surface area contributed by atoms with Crippen molar-refractivity contribution in [2.45, 2.75) is 19.4 Å². The van der Waals surface area contributed by atoms with E-state index >= 15 is 0 Å². The Labute approximate surface area is 171 Å². The first-order valence-electron chi connectivity index (χ1n) is 9.65. The molecule has 3 rings (SSSR count). The van der Waals surface area contributed by atoms with Crippen molar-refractivity contribution in [2.24, 2.45) is 5.92 Å². The van der Waals surface area contributed by atoms with Crippen molar-refractivity contribution in [2.75, 3.05) is 33.4 Å². The van der Waals surface area contributed by atoms with E-state index in [1.165, 1.54) is 5.56 Å². The van der Waals surface area contributed by atoms with E-state index in [1.807, 2.05) is 42.5 Å². The molecule has 0 aromatic heterocycles. The van der Waals surface area contributed by atoms with Gasteiger partial charge in [-0.05, 0) is 55.8 Å². The number of likely N-dealkylation sites (tertiary alicyclic amines) is 1. The predicted molar refractivity (Wildman–Crippen MR) is 111 cm³/mol. The number of amides is 1. The van der Waals surface area contributed by atoms with Gasteiger partial charge in [0.2, 0.25) is 5.91 Å². The van der Waals surface area contributed by atoms with Gasteiger partial charge in [0.25, 0.3) is 0 Å². The molecule has 0 bridgehead atoms. The smallest absolute Gasteiger partial charge is 0.223 e. The number of rotatable bonds is 8. The second kappa shape index (κ2) is 10.3. The minimum Gasteiger partial charge on any atom is -0.497 e. The molecule has 150 valence electrons. The number of piperidine rings is 1. The van der Waals surface area contributed by atoms with Crippen molar-refractivity contribution < 1.29 is 14.3 Å². The third-order valence-electron chi connectivity index (χ3n) is 4.96. The first-order chi connectivity index (χ1) is 13.6. The largest absolute Gasteiger partial charge is 0.497 e. The number of hydrogen-bond acceptors (Lipinski definition) is 4. The zero-order valence-electron chi connectivity index (χ0n) is 16.2. The van der Waals surface area contributed by atoms with Crippen molar-refractivity contribution >= 4 is 17.5 Å². The molecular weight excluding hydrogens is 376 g/mol. The minimum atomic E-state index is 0.0763. The summed E-state index contributed by atoms with van der Waals surface area (Å²) >= 11 is 6.05.